The van der Waals surface area contributed by atoms with Crippen molar-refractivity contribution in [2.24, 2.45) is 0 Å². The van der Waals surface area contributed by atoms with Gasteiger partial charge in [0, 0.05) is 0 Å². The van der Waals surface area contributed by atoms with E-state index in [0.717, 1.165) is 5.57 Å². The molecule has 0 aliphatic carbocycles. The molecule has 0 aromatic carbocycles. The van der Waals surface area contributed by atoms with E-state index in [1.165, 1.54) is 0 Å². The quantitative estimate of drug-likeness (QED) is 0.421. The van der Waals surface area contributed by atoms with Crippen LogP contribution in [0.1, 0.15) is 13.8 Å². The highest BCUT2D eigenvalue weighted by Gasteiger charge is 1.70. The fourth-order valence-corrected chi connectivity index (χ4v) is 0. The van der Waals surface area contributed by atoms with Gasteiger partial charge in [0.1, 0.15) is 0 Å². The lowest BCUT2D eigenvalue weighted by Crippen LogP contribution is -1.81. The smallest absolute Gasteiger partial charge is 0.450 e. The second-order valence-electron chi connectivity index (χ2n) is 1.46. The first-order valence-corrected chi connectivity index (χ1v) is 2.75. The van der Waals surface area contributed by atoms with E-state index in [1.807, 2.05) is 13.8 Å². The van der Waals surface area contributed by atoms with Gasteiger partial charge in [0.15, 0.2) is 0 Å². The topological polar surface area (TPSA) is 57.5 Å². The van der Waals surface area contributed by atoms with Crippen LogP contribution < -0.4 is 0 Å². The zero-order valence-electron chi connectivity index (χ0n) is 6.92. The zero-order chi connectivity index (χ0) is 9.86. The number of allylic oxidation sites excluding steroid dienone is 1. The van der Waals surface area contributed by atoms with Crippen LogP contribution in [-0.4, -0.2) is 16.4 Å². The summed E-state index contributed by atoms with van der Waals surface area (Å²) in [5.74, 6) is 0. The summed E-state index contributed by atoms with van der Waals surface area (Å²) in [7, 11) is 0. The van der Waals surface area contributed by atoms with Crippen molar-refractivity contribution in [2.75, 3.05) is 0 Å². The number of hydrogen-bond donors (Lipinski definition) is 2. The average Bonchev–Trinajstić information content (AvgIpc) is 1.91. The van der Waals surface area contributed by atoms with Gasteiger partial charge in [-0.05, 0) is 19.4 Å². The predicted molar refractivity (Wildman–Crippen MR) is 45.9 cm³/mol. The summed E-state index contributed by atoms with van der Waals surface area (Å²) in [6.07, 6.45) is -1.83. The van der Waals surface area contributed by atoms with Crippen molar-refractivity contribution in [3.63, 3.8) is 0 Å². The summed E-state index contributed by atoms with van der Waals surface area (Å²) >= 11 is 0. The van der Waals surface area contributed by atoms with Gasteiger partial charge in [-0.25, -0.2) is 4.79 Å². The number of hydrogen-bond acceptors (Lipinski definition) is 1. The molecule has 64 valence electrons. The SMILES string of the molecule is C=C.C=C=C(C)C.O=C(O)O. The van der Waals surface area contributed by atoms with Crippen molar-refractivity contribution in [3.8, 4) is 0 Å². The Bertz CT molecular complexity index is 135. The Morgan fingerprint density at radius 3 is 1.36 bits per heavy atom. The summed E-state index contributed by atoms with van der Waals surface area (Å²) in [5.41, 5.74) is 3.84. The highest BCUT2D eigenvalue weighted by Crippen LogP contribution is 1.77. The summed E-state index contributed by atoms with van der Waals surface area (Å²) < 4.78 is 0. The third-order valence-corrected chi connectivity index (χ3v) is 0.354. The standard InChI is InChI=1S/C5H8.C2H4.CH2O3/c1-4-5(2)3;1-2;2-1(3)4/h1H2,2-3H3;1-2H2;(H2,2,3,4). The third kappa shape index (κ3) is 1290. The molecular weight excluding hydrogens is 144 g/mol. The molecule has 0 radical (unpaired) electrons. The lowest BCUT2D eigenvalue weighted by Gasteiger charge is -1.67. The fourth-order valence-electron chi connectivity index (χ4n) is 0. The minimum absolute atomic E-state index is 1.14. The second kappa shape index (κ2) is 15.8. The molecule has 3 heteroatoms. The molecule has 2 N–H and O–H groups in total. The molecule has 0 rings (SSSR count). The maximum absolute atomic E-state index is 8.56. The second-order valence-corrected chi connectivity index (χ2v) is 1.46. The van der Waals surface area contributed by atoms with Crippen LogP contribution in [0.25, 0.3) is 0 Å². The van der Waals surface area contributed by atoms with Gasteiger partial charge in [-0.15, -0.1) is 18.9 Å². The molecule has 0 aliphatic heterocycles. The van der Waals surface area contributed by atoms with E-state index in [4.69, 9.17) is 15.0 Å². The molecule has 0 bridgehead atoms. The molecule has 3 nitrogen and oxygen atoms in total. The minimum Gasteiger partial charge on any atom is -0.450 e. The molecule has 0 unspecified atom stereocenters. The molecule has 0 atom stereocenters. The number of carbonyl (C=O) groups is 1. The lowest BCUT2D eigenvalue weighted by atomic mass is 10.4. The van der Waals surface area contributed by atoms with Crippen molar-refractivity contribution in [1.82, 2.24) is 0 Å². The first-order valence-electron chi connectivity index (χ1n) is 2.75. The molecule has 0 spiro atoms. The maximum atomic E-state index is 8.56. The van der Waals surface area contributed by atoms with Gasteiger partial charge in [0.25, 0.3) is 0 Å². The minimum atomic E-state index is -1.83. The highest BCUT2D eigenvalue weighted by atomic mass is 16.6. The Kier molecular flexibility index (Phi) is 23.4. The van der Waals surface area contributed by atoms with E-state index in [1.54, 1.807) is 0 Å². The number of carboxylic acid groups (broad SMARTS) is 2. The van der Waals surface area contributed by atoms with Crippen molar-refractivity contribution in [3.05, 3.63) is 31.0 Å². The third-order valence-electron chi connectivity index (χ3n) is 0.354. The van der Waals surface area contributed by atoms with Gasteiger partial charge in [0.05, 0.1) is 0 Å². The van der Waals surface area contributed by atoms with E-state index < -0.39 is 6.16 Å². The number of rotatable bonds is 0. The van der Waals surface area contributed by atoms with Gasteiger partial charge in [-0.3, -0.25) is 0 Å². The Morgan fingerprint density at radius 2 is 1.36 bits per heavy atom. The first-order chi connectivity index (χ1) is 5.00. The monoisotopic (exact) mass is 158 g/mol. The maximum Gasteiger partial charge on any atom is 0.503 e. The predicted octanol–water partition coefficient (Wildman–Crippen LogP) is 2.76. The lowest BCUT2D eigenvalue weighted by molar-refractivity contribution is 0.137. The normalized spacial score (nSPS) is 5.27. The van der Waals surface area contributed by atoms with E-state index in [-0.39, 0.29) is 0 Å². The van der Waals surface area contributed by atoms with Crippen molar-refractivity contribution >= 4 is 6.16 Å². The summed E-state index contributed by atoms with van der Waals surface area (Å²) in [6.45, 7) is 13.3. The van der Waals surface area contributed by atoms with Gasteiger partial charge in [0.2, 0.25) is 0 Å². The van der Waals surface area contributed by atoms with E-state index in [9.17, 15) is 0 Å². The van der Waals surface area contributed by atoms with E-state index >= 15 is 0 Å². The molecule has 0 fully saturated rings. The van der Waals surface area contributed by atoms with Crippen molar-refractivity contribution in [1.29, 1.82) is 0 Å². The molecule has 0 saturated heterocycles. The molecule has 0 saturated carbocycles. The van der Waals surface area contributed by atoms with Crippen LogP contribution >= 0.6 is 0 Å². The van der Waals surface area contributed by atoms with Crippen LogP contribution in [0.5, 0.6) is 0 Å². The van der Waals surface area contributed by atoms with Crippen LogP contribution in [0.15, 0.2) is 31.0 Å². The fraction of sp³-hybridized carbons (Fsp3) is 0.250. The molecule has 0 aromatic rings. The average molecular weight is 158 g/mol. The Hall–Kier alpha value is -1.47. The van der Waals surface area contributed by atoms with E-state index in [2.05, 4.69) is 25.5 Å². The largest absolute Gasteiger partial charge is 0.503 e. The van der Waals surface area contributed by atoms with Crippen LogP contribution in [0, 0.1) is 0 Å². The Balaban J connectivity index is -0.0000000965. The molecule has 11 heavy (non-hydrogen) atoms. The van der Waals surface area contributed by atoms with Crippen LogP contribution in [0.2, 0.25) is 0 Å². The summed E-state index contributed by atoms with van der Waals surface area (Å²) in [5, 5.41) is 13.9. The van der Waals surface area contributed by atoms with Crippen molar-refractivity contribution in [2.45, 2.75) is 13.8 Å². The molecular formula is C8H14O3. The van der Waals surface area contributed by atoms with Crippen LogP contribution in [-0.2, 0) is 0 Å². The Morgan fingerprint density at radius 1 is 1.27 bits per heavy atom. The van der Waals surface area contributed by atoms with Crippen molar-refractivity contribution < 1.29 is 15.0 Å². The van der Waals surface area contributed by atoms with Gasteiger partial charge in [-0.1, -0.05) is 6.58 Å². The molecule has 0 aromatic heterocycles. The van der Waals surface area contributed by atoms with Gasteiger partial charge in [-0.2, -0.15) is 0 Å². The van der Waals surface area contributed by atoms with Crippen LogP contribution in [0.4, 0.5) is 4.79 Å². The molecule has 0 heterocycles. The molecule has 0 aliphatic rings. The van der Waals surface area contributed by atoms with E-state index in [0.29, 0.717) is 0 Å². The van der Waals surface area contributed by atoms with Gasteiger partial charge >= 0.3 is 6.16 Å². The molecule has 0 amide bonds. The van der Waals surface area contributed by atoms with Crippen LogP contribution in [0.3, 0.4) is 0 Å². The summed E-state index contributed by atoms with van der Waals surface area (Å²) in [4.78, 5) is 8.56. The highest BCUT2D eigenvalue weighted by molar-refractivity contribution is 5.53. The first kappa shape index (κ1) is 16.3. The summed E-state index contributed by atoms with van der Waals surface area (Å²) in [6, 6.07) is 0. The van der Waals surface area contributed by atoms with Gasteiger partial charge < -0.3 is 10.2 Å². The zero-order valence-corrected chi connectivity index (χ0v) is 6.92. The Labute approximate surface area is 67.0 Å².